The SMILES string of the molecule is C=C(C)[C@@H]1CC=C2c3sc(Cc4ccccc4C)nc3CC(CC)[C@]2(C)C1. The molecule has 0 saturated heterocycles. The Labute approximate surface area is 168 Å². The molecule has 2 aromatic rings. The van der Waals surface area contributed by atoms with Gasteiger partial charge in [-0.05, 0) is 67.1 Å². The van der Waals surface area contributed by atoms with E-state index in [9.17, 15) is 0 Å². The summed E-state index contributed by atoms with van der Waals surface area (Å²) in [6.45, 7) is 13.5. The van der Waals surface area contributed by atoms with Gasteiger partial charge in [0, 0.05) is 6.42 Å². The normalized spacial score (nSPS) is 26.9. The molecule has 1 aromatic carbocycles. The molecule has 4 rings (SSSR count). The van der Waals surface area contributed by atoms with Crippen molar-refractivity contribution in [1.29, 1.82) is 0 Å². The number of fused-ring (bicyclic) bond motifs is 3. The van der Waals surface area contributed by atoms with Gasteiger partial charge in [0.25, 0.3) is 0 Å². The first-order valence-corrected chi connectivity index (χ1v) is 11.1. The van der Waals surface area contributed by atoms with Crippen LogP contribution in [0, 0.1) is 24.2 Å². The maximum atomic E-state index is 5.12. The topological polar surface area (TPSA) is 12.9 Å². The van der Waals surface area contributed by atoms with E-state index in [1.807, 2.05) is 11.3 Å². The van der Waals surface area contributed by atoms with E-state index in [1.165, 1.54) is 45.1 Å². The van der Waals surface area contributed by atoms with Gasteiger partial charge in [-0.25, -0.2) is 4.98 Å². The maximum absolute atomic E-state index is 5.12. The predicted octanol–water partition coefficient (Wildman–Crippen LogP) is 7.00. The van der Waals surface area contributed by atoms with Crippen molar-refractivity contribution in [3.05, 3.63) is 69.2 Å². The molecule has 1 nitrogen and oxygen atoms in total. The third-order valence-corrected chi connectivity index (χ3v) is 8.14. The first kappa shape index (κ1) is 18.7. The second-order valence-electron chi connectivity index (χ2n) is 8.81. The Morgan fingerprint density at radius 1 is 1.33 bits per heavy atom. The Morgan fingerprint density at radius 2 is 2.11 bits per heavy atom. The zero-order chi connectivity index (χ0) is 19.2. The highest BCUT2D eigenvalue weighted by Crippen LogP contribution is 2.57. The number of thiazole rings is 1. The summed E-state index contributed by atoms with van der Waals surface area (Å²) < 4.78 is 0. The second-order valence-corrected chi connectivity index (χ2v) is 9.90. The van der Waals surface area contributed by atoms with E-state index >= 15 is 0 Å². The van der Waals surface area contributed by atoms with Gasteiger partial charge in [-0.1, -0.05) is 62.8 Å². The predicted molar refractivity (Wildman–Crippen MR) is 117 cm³/mol. The number of hydrogen-bond acceptors (Lipinski definition) is 2. The van der Waals surface area contributed by atoms with Gasteiger partial charge in [0.2, 0.25) is 0 Å². The highest BCUT2D eigenvalue weighted by molar-refractivity contribution is 7.13. The molecule has 2 aliphatic carbocycles. The highest BCUT2D eigenvalue weighted by atomic mass is 32.1. The lowest BCUT2D eigenvalue weighted by molar-refractivity contribution is 0.196. The smallest absolute Gasteiger partial charge is 0.0978 e. The van der Waals surface area contributed by atoms with Crippen molar-refractivity contribution in [3.63, 3.8) is 0 Å². The third-order valence-electron chi connectivity index (χ3n) is 7.01. The van der Waals surface area contributed by atoms with Crippen LogP contribution >= 0.6 is 11.3 Å². The summed E-state index contributed by atoms with van der Waals surface area (Å²) in [6.07, 6.45) is 8.23. The van der Waals surface area contributed by atoms with Gasteiger partial charge < -0.3 is 0 Å². The molecular weight excluding hydrogens is 346 g/mol. The minimum absolute atomic E-state index is 0.274. The highest BCUT2D eigenvalue weighted by Gasteiger charge is 2.46. The van der Waals surface area contributed by atoms with E-state index in [1.54, 1.807) is 5.57 Å². The number of nitrogens with zero attached hydrogens (tertiary/aromatic N) is 1. The summed E-state index contributed by atoms with van der Waals surface area (Å²) in [5.74, 6) is 1.32. The van der Waals surface area contributed by atoms with Crippen LogP contribution in [0.25, 0.3) is 5.57 Å². The van der Waals surface area contributed by atoms with E-state index in [4.69, 9.17) is 4.98 Å². The molecular formula is C25H31NS. The number of rotatable bonds is 4. The fraction of sp³-hybridized carbons (Fsp3) is 0.480. The molecule has 0 bridgehead atoms. The van der Waals surface area contributed by atoms with Crippen molar-refractivity contribution >= 4 is 16.9 Å². The zero-order valence-electron chi connectivity index (χ0n) is 17.1. The zero-order valence-corrected chi connectivity index (χ0v) is 18.0. The summed E-state index contributed by atoms with van der Waals surface area (Å²) in [7, 11) is 0. The van der Waals surface area contributed by atoms with Crippen molar-refractivity contribution in [2.45, 2.75) is 59.8 Å². The average molecular weight is 378 g/mol. The summed E-state index contributed by atoms with van der Waals surface area (Å²) in [5, 5.41) is 1.27. The van der Waals surface area contributed by atoms with Crippen LogP contribution in [0.15, 0.2) is 42.5 Å². The standard InChI is InChI=1S/C25H31NS/c1-6-20-14-22-24(21-12-11-19(16(2)3)15-25(20,21)5)27-23(26-22)13-18-10-8-7-9-17(18)4/h7-10,12,19-20H,2,6,11,13-15H2,1,3-5H3/t19-,20?,25+/m1/s1. The number of aryl methyl sites for hydroxylation is 1. The number of aromatic nitrogens is 1. The largest absolute Gasteiger partial charge is 0.245 e. The lowest BCUT2D eigenvalue weighted by Crippen LogP contribution is -2.38. The van der Waals surface area contributed by atoms with E-state index in [0.29, 0.717) is 11.8 Å². The van der Waals surface area contributed by atoms with E-state index in [0.717, 1.165) is 19.3 Å². The van der Waals surface area contributed by atoms with Crippen molar-refractivity contribution in [2.24, 2.45) is 17.3 Å². The fourth-order valence-corrected chi connectivity index (χ4v) is 6.45. The molecule has 0 amide bonds. The van der Waals surface area contributed by atoms with Crippen molar-refractivity contribution in [1.82, 2.24) is 4.98 Å². The van der Waals surface area contributed by atoms with Crippen molar-refractivity contribution in [2.75, 3.05) is 0 Å². The molecule has 3 atom stereocenters. The summed E-state index contributed by atoms with van der Waals surface area (Å²) in [4.78, 5) is 6.60. The molecule has 1 heterocycles. The van der Waals surface area contributed by atoms with E-state index < -0.39 is 0 Å². The number of hydrogen-bond donors (Lipinski definition) is 0. The molecule has 1 aromatic heterocycles. The summed E-state index contributed by atoms with van der Waals surface area (Å²) in [5.41, 5.74) is 7.32. The maximum Gasteiger partial charge on any atom is 0.0978 e. The Balaban J connectivity index is 1.72. The molecule has 142 valence electrons. The number of allylic oxidation sites excluding steroid dienone is 3. The molecule has 27 heavy (non-hydrogen) atoms. The Kier molecular flexibility index (Phi) is 4.88. The monoisotopic (exact) mass is 377 g/mol. The van der Waals surface area contributed by atoms with Gasteiger partial charge in [0.15, 0.2) is 0 Å². The molecule has 0 N–H and O–H groups in total. The van der Waals surface area contributed by atoms with E-state index in [-0.39, 0.29) is 5.41 Å². The van der Waals surface area contributed by atoms with Gasteiger partial charge in [-0.2, -0.15) is 0 Å². The van der Waals surface area contributed by atoms with Crippen LogP contribution in [0.1, 0.15) is 66.7 Å². The third kappa shape index (κ3) is 3.23. The van der Waals surface area contributed by atoms with Crippen molar-refractivity contribution < 1.29 is 0 Å². The molecule has 0 saturated carbocycles. The first-order valence-electron chi connectivity index (χ1n) is 10.3. The van der Waals surface area contributed by atoms with Crippen LogP contribution < -0.4 is 0 Å². The molecule has 2 heteroatoms. The molecule has 0 spiro atoms. The van der Waals surface area contributed by atoms with Gasteiger partial charge in [0.05, 0.1) is 15.6 Å². The van der Waals surface area contributed by atoms with Crippen LogP contribution in [0.3, 0.4) is 0 Å². The lowest BCUT2D eigenvalue weighted by Gasteiger charge is -2.47. The second kappa shape index (κ2) is 7.05. The van der Waals surface area contributed by atoms with Crippen LogP contribution in [0.4, 0.5) is 0 Å². The minimum Gasteiger partial charge on any atom is -0.245 e. The molecule has 1 unspecified atom stereocenters. The summed E-state index contributed by atoms with van der Waals surface area (Å²) >= 11 is 1.94. The van der Waals surface area contributed by atoms with Crippen LogP contribution in [-0.4, -0.2) is 4.98 Å². The Morgan fingerprint density at radius 3 is 2.81 bits per heavy atom. The van der Waals surface area contributed by atoms with Gasteiger partial charge in [-0.3, -0.25) is 0 Å². The van der Waals surface area contributed by atoms with Crippen LogP contribution in [0.2, 0.25) is 0 Å². The summed E-state index contributed by atoms with van der Waals surface area (Å²) in [6, 6.07) is 8.70. The molecule has 2 aliphatic rings. The van der Waals surface area contributed by atoms with Gasteiger partial charge in [0.1, 0.15) is 0 Å². The number of benzene rings is 1. The van der Waals surface area contributed by atoms with Gasteiger partial charge >= 0.3 is 0 Å². The molecule has 0 aliphatic heterocycles. The van der Waals surface area contributed by atoms with Gasteiger partial charge in [-0.15, -0.1) is 11.3 Å². The van der Waals surface area contributed by atoms with E-state index in [2.05, 4.69) is 64.6 Å². The van der Waals surface area contributed by atoms with Crippen molar-refractivity contribution in [3.8, 4) is 0 Å². The van der Waals surface area contributed by atoms with Crippen LogP contribution in [0.5, 0.6) is 0 Å². The first-order chi connectivity index (χ1) is 12.9. The fourth-order valence-electron chi connectivity index (χ4n) is 5.16. The Hall–Kier alpha value is -1.67. The van der Waals surface area contributed by atoms with Crippen LogP contribution in [-0.2, 0) is 12.8 Å². The average Bonchev–Trinajstić information content (AvgIpc) is 3.04. The minimum atomic E-state index is 0.274. The molecule has 0 radical (unpaired) electrons. The Bertz CT molecular complexity index is 903. The quantitative estimate of drug-likeness (QED) is 0.523. The lowest BCUT2D eigenvalue weighted by atomic mass is 9.57. The molecule has 0 fully saturated rings.